The fourth-order valence-electron chi connectivity index (χ4n) is 2.53. The Bertz CT molecular complexity index is 958. The lowest BCUT2D eigenvalue weighted by molar-refractivity contribution is -0.119. The number of carbonyl (C=O) groups excluding carboxylic acids is 2. The standard InChI is InChI=1S/C22H18FN3O2/c23-19-13-11-17(12-14-19)15-24-25-21(27)16-26(20-9-5-2-6-10-20)22(28)18-7-3-1-4-8-18/h1-15H,16H2,(H,25,27)/b24-15+. The first-order chi connectivity index (χ1) is 13.6. The van der Waals surface area contributed by atoms with E-state index in [9.17, 15) is 14.0 Å². The molecule has 0 saturated carbocycles. The number of para-hydroxylation sites is 1. The van der Waals surface area contributed by atoms with Crippen LogP contribution in [0.3, 0.4) is 0 Å². The van der Waals surface area contributed by atoms with Crippen LogP contribution < -0.4 is 10.3 Å². The molecule has 0 aromatic heterocycles. The molecule has 140 valence electrons. The largest absolute Gasteiger partial charge is 0.299 e. The molecule has 0 aliphatic rings. The smallest absolute Gasteiger partial charge is 0.260 e. The molecule has 0 spiro atoms. The van der Waals surface area contributed by atoms with E-state index in [4.69, 9.17) is 0 Å². The third kappa shape index (κ3) is 5.11. The summed E-state index contributed by atoms with van der Waals surface area (Å²) in [7, 11) is 0. The van der Waals surface area contributed by atoms with Gasteiger partial charge in [0.25, 0.3) is 11.8 Å². The van der Waals surface area contributed by atoms with Crippen molar-refractivity contribution in [1.29, 1.82) is 0 Å². The minimum atomic E-state index is -0.452. The zero-order valence-corrected chi connectivity index (χ0v) is 15.0. The molecule has 6 heteroatoms. The van der Waals surface area contributed by atoms with Crippen molar-refractivity contribution in [1.82, 2.24) is 5.43 Å². The fraction of sp³-hybridized carbons (Fsp3) is 0.0455. The molecule has 0 fully saturated rings. The van der Waals surface area contributed by atoms with Crippen LogP contribution in [0, 0.1) is 5.82 Å². The van der Waals surface area contributed by atoms with Crippen molar-refractivity contribution in [2.75, 3.05) is 11.4 Å². The van der Waals surface area contributed by atoms with E-state index in [1.165, 1.54) is 23.2 Å². The molecule has 0 saturated heterocycles. The van der Waals surface area contributed by atoms with Crippen molar-refractivity contribution in [2.45, 2.75) is 0 Å². The number of hydrogen-bond acceptors (Lipinski definition) is 3. The molecule has 1 N–H and O–H groups in total. The number of hydrogen-bond donors (Lipinski definition) is 1. The van der Waals surface area contributed by atoms with Gasteiger partial charge in [0.15, 0.2) is 0 Å². The number of hydrazone groups is 1. The van der Waals surface area contributed by atoms with Crippen LogP contribution in [-0.4, -0.2) is 24.6 Å². The van der Waals surface area contributed by atoms with Crippen LogP contribution in [0.2, 0.25) is 0 Å². The van der Waals surface area contributed by atoms with Crippen molar-refractivity contribution in [3.63, 3.8) is 0 Å². The van der Waals surface area contributed by atoms with Gasteiger partial charge in [0, 0.05) is 11.3 Å². The number of amides is 2. The zero-order valence-electron chi connectivity index (χ0n) is 15.0. The Labute approximate surface area is 162 Å². The maximum Gasteiger partial charge on any atom is 0.260 e. The second kappa shape index (κ2) is 9.23. The summed E-state index contributed by atoms with van der Waals surface area (Å²) in [6.07, 6.45) is 1.41. The fourth-order valence-corrected chi connectivity index (χ4v) is 2.53. The molecule has 0 aliphatic heterocycles. The first-order valence-corrected chi connectivity index (χ1v) is 8.63. The van der Waals surface area contributed by atoms with Gasteiger partial charge < -0.3 is 0 Å². The zero-order chi connectivity index (χ0) is 19.8. The second-order valence-electron chi connectivity index (χ2n) is 5.94. The lowest BCUT2D eigenvalue weighted by atomic mass is 10.2. The highest BCUT2D eigenvalue weighted by molar-refractivity contribution is 6.08. The normalized spacial score (nSPS) is 10.6. The molecule has 0 unspecified atom stereocenters. The molecular weight excluding hydrogens is 357 g/mol. The summed E-state index contributed by atoms with van der Waals surface area (Å²) in [4.78, 5) is 26.6. The van der Waals surface area contributed by atoms with Gasteiger partial charge >= 0.3 is 0 Å². The summed E-state index contributed by atoms with van der Waals surface area (Å²) in [6, 6.07) is 23.4. The Morgan fingerprint density at radius 2 is 1.50 bits per heavy atom. The Kier molecular flexibility index (Phi) is 6.25. The monoisotopic (exact) mass is 375 g/mol. The lowest BCUT2D eigenvalue weighted by Gasteiger charge is -2.22. The average molecular weight is 375 g/mol. The predicted octanol–water partition coefficient (Wildman–Crippen LogP) is 3.62. The molecular formula is C22H18FN3O2. The van der Waals surface area contributed by atoms with Crippen LogP contribution in [0.5, 0.6) is 0 Å². The van der Waals surface area contributed by atoms with Gasteiger partial charge in [-0.2, -0.15) is 5.10 Å². The highest BCUT2D eigenvalue weighted by Gasteiger charge is 2.20. The second-order valence-corrected chi connectivity index (χ2v) is 5.94. The van der Waals surface area contributed by atoms with Gasteiger partial charge in [-0.25, -0.2) is 9.82 Å². The topological polar surface area (TPSA) is 61.8 Å². The van der Waals surface area contributed by atoms with E-state index in [1.54, 1.807) is 60.7 Å². The molecule has 3 aromatic carbocycles. The van der Waals surface area contributed by atoms with E-state index in [2.05, 4.69) is 10.5 Å². The van der Waals surface area contributed by atoms with Gasteiger partial charge in [0.05, 0.1) is 6.21 Å². The molecule has 2 amide bonds. The van der Waals surface area contributed by atoms with Gasteiger partial charge in [0.2, 0.25) is 0 Å². The molecule has 3 rings (SSSR count). The van der Waals surface area contributed by atoms with Crippen molar-refractivity contribution < 1.29 is 14.0 Å². The predicted molar refractivity (Wildman–Crippen MR) is 107 cm³/mol. The minimum Gasteiger partial charge on any atom is -0.299 e. The van der Waals surface area contributed by atoms with Gasteiger partial charge in [-0.15, -0.1) is 0 Å². The summed E-state index contributed by atoms with van der Waals surface area (Å²) in [6.45, 7) is -0.196. The molecule has 3 aromatic rings. The van der Waals surface area contributed by atoms with Crippen LogP contribution in [-0.2, 0) is 4.79 Å². The number of nitrogens with one attached hydrogen (secondary N) is 1. The molecule has 0 radical (unpaired) electrons. The van der Waals surface area contributed by atoms with Crippen LogP contribution in [0.15, 0.2) is 90.0 Å². The molecule has 5 nitrogen and oxygen atoms in total. The Morgan fingerprint density at radius 1 is 0.893 bits per heavy atom. The number of nitrogens with zero attached hydrogens (tertiary/aromatic N) is 2. The minimum absolute atomic E-state index is 0.196. The van der Waals surface area contributed by atoms with Gasteiger partial charge in [0.1, 0.15) is 12.4 Å². The molecule has 28 heavy (non-hydrogen) atoms. The Morgan fingerprint density at radius 3 is 2.14 bits per heavy atom. The first kappa shape index (κ1) is 19.0. The van der Waals surface area contributed by atoms with E-state index < -0.39 is 5.91 Å². The summed E-state index contributed by atoms with van der Waals surface area (Å²) in [5.41, 5.74) is 4.12. The maximum absolute atomic E-state index is 12.9. The summed E-state index contributed by atoms with van der Waals surface area (Å²) in [5, 5.41) is 3.87. The average Bonchev–Trinajstić information content (AvgIpc) is 2.74. The number of halogens is 1. The first-order valence-electron chi connectivity index (χ1n) is 8.63. The van der Waals surface area contributed by atoms with Gasteiger partial charge in [-0.3, -0.25) is 14.5 Å². The van der Waals surface area contributed by atoms with Gasteiger partial charge in [-0.05, 0) is 42.0 Å². The number of rotatable bonds is 6. The van der Waals surface area contributed by atoms with Crippen LogP contribution in [0.1, 0.15) is 15.9 Å². The highest BCUT2D eigenvalue weighted by Crippen LogP contribution is 2.16. The van der Waals surface area contributed by atoms with Crippen molar-refractivity contribution in [2.24, 2.45) is 5.10 Å². The molecule has 0 atom stereocenters. The summed E-state index contributed by atoms with van der Waals surface area (Å²) in [5.74, 6) is -1.09. The van der Waals surface area contributed by atoms with E-state index in [-0.39, 0.29) is 18.3 Å². The SMILES string of the molecule is O=C(CN(C(=O)c1ccccc1)c1ccccc1)N/N=C/c1ccc(F)cc1. The van der Waals surface area contributed by atoms with Crippen LogP contribution in [0.4, 0.5) is 10.1 Å². The van der Waals surface area contributed by atoms with E-state index >= 15 is 0 Å². The number of carbonyl (C=O) groups is 2. The number of anilines is 1. The Balaban J connectivity index is 1.71. The highest BCUT2D eigenvalue weighted by atomic mass is 19.1. The summed E-state index contributed by atoms with van der Waals surface area (Å²) >= 11 is 0. The number of benzene rings is 3. The molecule has 0 heterocycles. The quantitative estimate of drug-likeness (QED) is 0.528. The van der Waals surface area contributed by atoms with Crippen LogP contribution >= 0.6 is 0 Å². The van der Waals surface area contributed by atoms with Crippen molar-refractivity contribution >= 4 is 23.7 Å². The third-order valence-corrected chi connectivity index (χ3v) is 3.91. The van der Waals surface area contributed by atoms with Gasteiger partial charge in [-0.1, -0.05) is 48.5 Å². The molecule has 0 aliphatic carbocycles. The van der Waals surface area contributed by atoms with Crippen molar-refractivity contribution in [3.05, 3.63) is 102 Å². The third-order valence-electron chi connectivity index (χ3n) is 3.91. The van der Waals surface area contributed by atoms with E-state index in [1.807, 2.05) is 12.1 Å². The summed E-state index contributed by atoms with van der Waals surface area (Å²) < 4.78 is 12.9. The van der Waals surface area contributed by atoms with Crippen molar-refractivity contribution in [3.8, 4) is 0 Å². The Hall–Kier alpha value is -3.80. The lowest BCUT2D eigenvalue weighted by Crippen LogP contribution is -2.39. The van der Waals surface area contributed by atoms with E-state index in [0.29, 0.717) is 16.8 Å². The molecule has 0 bridgehead atoms. The van der Waals surface area contributed by atoms with Crippen LogP contribution in [0.25, 0.3) is 0 Å². The van der Waals surface area contributed by atoms with E-state index in [0.717, 1.165) is 0 Å². The maximum atomic E-state index is 12.9.